The summed E-state index contributed by atoms with van der Waals surface area (Å²) in [5.74, 6) is 1.32. The van der Waals surface area contributed by atoms with Crippen LogP contribution in [0.3, 0.4) is 0 Å². The normalized spacial score (nSPS) is 14.7. The van der Waals surface area contributed by atoms with Gasteiger partial charge in [0.1, 0.15) is 5.69 Å². The molecule has 24 heavy (non-hydrogen) atoms. The van der Waals surface area contributed by atoms with Crippen molar-refractivity contribution in [1.29, 1.82) is 0 Å². The summed E-state index contributed by atoms with van der Waals surface area (Å²) >= 11 is 0. The number of hydrogen-bond donors (Lipinski definition) is 0. The second kappa shape index (κ2) is 5.59. The molecule has 4 rings (SSSR count). The number of carbonyl (C=O) groups is 1. The summed E-state index contributed by atoms with van der Waals surface area (Å²) in [5, 5.41) is 8.25. The topological polar surface area (TPSA) is 77.0 Å². The summed E-state index contributed by atoms with van der Waals surface area (Å²) in [6, 6.07) is 11.7. The Balaban J connectivity index is 1.49. The van der Waals surface area contributed by atoms with Crippen molar-refractivity contribution in [1.82, 2.24) is 24.8 Å². The maximum absolute atomic E-state index is 12.7. The van der Waals surface area contributed by atoms with E-state index >= 15 is 0 Å². The maximum atomic E-state index is 12.7. The molecule has 0 atom stereocenters. The second-order valence-corrected chi connectivity index (χ2v) is 5.99. The van der Waals surface area contributed by atoms with Crippen LogP contribution in [0.2, 0.25) is 0 Å². The van der Waals surface area contributed by atoms with Gasteiger partial charge in [0.15, 0.2) is 5.82 Å². The number of benzene rings is 1. The van der Waals surface area contributed by atoms with Crippen molar-refractivity contribution < 1.29 is 9.32 Å². The fourth-order valence-electron chi connectivity index (χ4n) is 2.86. The fraction of sp³-hybridized carbons (Fsp3) is 0.294. The van der Waals surface area contributed by atoms with E-state index in [1.807, 2.05) is 36.4 Å². The van der Waals surface area contributed by atoms with Gasteiger partial charge in [-0.3, -0.25) is 9.48 Å². The van der Waals surface area contributed by atoms with Gasteiger partial charge in [0.25, 0.3) is 5.91 Å². The Morgan fingerprint density at radius 2 is 2.00 bits per heavy atom. The van der Waals surface area contributed by atoms with Gasteiger partial charge < -0.3 is 9.42 Å². The minimum absolute atomic E-state index is 0.0281. The maximum Gasteiger partial charge on any atom is 0.272 e. The Hall–Kier alpha value is -2.96. The molecule has 0 spiro atoms. The number of likely N-dealkylation sites (tertiary alicyclic amines) is 1. The smallest absolute Gasteiger partial charge is 0.272 e. The van der Waals surface area contributed by atoms with Crippen LogP contribution in [0.25, 0.3) is 11.3 Å². The van der Waals surface area contributed by atoms with Crippen LogP contribution in [0.15, 0.2) is 40.9 Å². The Bertz CT molecular complexity index is 878. The van der Waals surface area contributed by atoms with Gasteiger partial charge in [-0.05, 0) is 13.0 Å². The molecule has 1 aromatic carbocycles. The van der Waals surface area contributed by atoms with Crippen LogP contribution in [0, 0.1) is 6.92 Å². The van der Waals surface area contributed by atoms with Crippen LogP contribution in [0.4, 0.5) is 0 Å². The van der Waals surface area contributed by atoms with Crippen molar-refractivity contribution in [2.24, 2.45) is 7.05 Å². The molecule has 0 N–H and O–H groups in total. The van der Waals surface area contributed by atoms with Crippen molar-refractivity contribution in [2.45, 2.75) is 12.8 Å². The monoisotopic (exact) mass is 323 g/mol. The van der Waals surface area contributed by atoms with Crippen LogP contribution >= 0.6 is 0 Å². The molecule has 0 saturated carbocycles. The number of carbonyl (C=O) groups excluding carboxylic acids is 1. The van der Waals surface area contributed by atoms with E-state index in [1.165, 1.54) is 0 Å². The molecular weight excluding hydrogens is 306 g/mol. The molecule has 1 aliphatic heterocycles. The highest BCUT2D eigenvalue weighted by Crippen LogP contribution is 2.28. The van der Waals surface area contributed by atoms with Crippen molar-refractivity contribution in [3.05, 3.63) is 53.8 Å². The van der Waals surface area contributed by atoms with Crippen LogP contribution < -0.4 is 0 Å². The van der Waals surface area contributed by atoms with Crippen molar-refractivity contribution in [2.75, 3.05) is 13.1 Å². The van der Waals surface area contributed by atoms with E-state index in [-0.39, 0.29) is 11.8 Å². The van der Waals surface area contributed by atoms with E-state index in [0.29, 0.717) is 30.5 Å². The molecule has 0 aliphatic carbocycles. The van der Waals surface area contributed by atoms with Gasteiger partial charge in [-0.25, -0.2) is 0 Å². The molecule has 3 heterocycles. The number of rotatable bonds is 3. The SMILES string of the molecule is Cc1noc(C2CN(C(=O)c3cc(-c4ccccc4)nn3C)C2)n1. The summed E-state index contributed by atoms with van der Waals surface area (Å²) in [6.07, 6.45) is 0. The molecule has 3 aromatic rings. The second-order valence-electron chi connectivity index (χ2n) is 5.99. The molecule has 7 nitrogen and oxygen atoms in total. The Morgan fingerprint density at radius 1 is 1.25 bits per heavy atom. The quantitative estimate of drug-likeness (QED) is 0.737. The third-order valence-electron chi connectivity index (χ3n) is 4.23. The molecule has 0 radical (unpaired) electrons. The zero-order valence-corrected chi connectivity index (χ0v) is 13.5. The van der Waals surface area contributed by atoms with Gasteiger partial charge in [-0.15, -0.1) is 0 Å². The lowest BCUT2D eigenvalue weighted by Crippen LogP contribution is -2.49. The van der Waals surface area contributed by atoms with E-state index in [4.69, 9.17) is 4.52 Å². The third kappa shape index (κ3) is 2.47. The van der Waals surface area contributed by atoms with E-state index in [2.05, 4.69) is 15.2 Å². The number of hydrogen-bond acceptors (Lipinski definition) is 5. The van der Waals surface area contributed by atoms with Crippen LogP contribution in [-0.2, 0) is 7.05 Å². The number of nitrogens with zero attached hydrogens (tertiary/aromatic N) is 5. The highest BCUT2D eigenvalue weighted by atomic mass is 16.5. The zero-order valence-electron chi connectivity index (χ0n) is 13.5. The molecule has 1 saturated heterocycles. The lowest BCUT2D eigenvalue weighted by atomic mass is 9.99. The Labute approximate surface area is 138 Å². The average Bonchev–Trinajstić information content (AvgIpc) is 3.13. The predicted molar refractivity (Wildman–Crippen MR) is 86.3 cm³/mol. The first-order chi connectivity index (χ1) is 11.6. The van der Waals surface area contributed by atoms with Gasteiger partial charge in [0.2, 0.25) is 5.89 Å². The first-order valence-corrected chi connectivity index (χ1v) is 7.81. The van der Waals surface area contributed by atoms with Crippen LogP contribution in [0.1, 0.15) is 28.1 Å². The van der Waals surface area contributed by atoms with Crippen molar-refractivity contribution in [3.63, 3.8) is 0 Å². The lowest BCUT2D eigenvalue weighted by molar-refractivity contribution is 0.0558. The summed E-state index contributed by atoms with van der Waals surface area (Å²) in [6.45, 7) is 2.97. The number of aromatic nitrogens is 4. The zero-order chi connectivity index (χ0) is 16.7. The third-order valence-corrected chi connectivity index (χ3v) is 4.23. The molecule has 0 bridgehead atoms. The summed E-state index contributed by atoms with van der Waals surface area (Å²) < 4.78 is 6.80. The van der Waals surface area contributed by atoms with Gasteiger partial charge in [-0.1, -0.05) is 35.5 Å². The number of aryl methyl sites for hydroxylation is 2. The number of amides is 1. The minimum Gasteiger partial charge on any atom is -0.339 e. The molecule has 1 amide bonds. The van der Waals surface area contributed by atoms with Crippen molar-refractivity contribution >= 4 is 5.91 Å². The predicted octanol–water partition coefficient (Wildman–Crippen LogP) is 2.02. The van der Waals surface area contributed by atoms with E-state index < -0.39 is 0 Å². The molecular formula is C17H17N5O2. The molecule has 122 valence electrons. The van der Waals surface area contributed by atoms with Crippen molar-refractivity contribution in [3.8, 4) is 11.3 Å². The van der Waals surface area contributed by atoms with Gasteiger partial charge >= 0.3 is 0 Å². The lowest BCUT2D eigenvalue weighted by Gasteiger charge is -2.36. The summed E-state index contributed by atoms with van der Waals surface area (Å²) in [4.78, 5) is 18.7. The van der Waals surface area contributed by atoms with Crippen LogP contribution in [-0.4, -0.2) is 43.8 Å². The first-order valence-electron chi connectivity index (χ1n) is 7.81. The summed E-state index contributed by atoms with van der Waals surface area (Å²) in [7, 11) is 1.79. The largest absolute Gasteiger partial charge is 0.339 e. The highest BCUT2D eigenvalue weighted by Gasteiger charge is 2.36. The molecule has 2 aromatic heterocycles. The van der Waals surface area contributed by atoms with Gasteiger partial charge in [0, 0.05) is 25.7 Å². The molecule has 1 aliphatic rings. The minimum atomic E-state index is -0.0281. The Morgan fingerprint density at radius 3 is 2.67 bits per heavy atom. The van der Waals surface area contributed by atoms with E-state index in [1.54, 1.807) is 23.6 Å². The Kier molecular flexibility index (Phi) is 3.41. The van der Waals surface area contributed by atoms with E-state index in [0.717, 1.165) is 11.3 Å². The van der Waals surface area contributed by atoms with Gasteiger partial charge in [0.05, 0.1) is 11.6 Å². The first kappa shape index (κ1) is 14.6. The fourth-order valence-corrected chi connectivity index (χ4v) is 2.86. The molecule has 7 heteroatoms. The average molecular weight is 323 g/mol. The molecule has 0 unspecified atom stereocenters. The van der Waals surface area contributed by atoms with Gasteiger partial charge in [-0.2, -0.15) is 10.1 Å². The molecule has 1 fully saturated rings. The van der Waals surface area contributed by atoms with E-state index in [9.17, 15) is 4.79 Å². The summed E-state index contributed by atoms with van der Waals surface area (Å²) in [5.41, 5.74) is 2.37. The standard InChI is InChI=1S/C17H17N5O2/c1-11-18-16(24-20-11)13-9-22(10-13)17(23)15-8-14(19-21(15)2)12-6-4-3-5-7-12/h3-8,13H,9-10H2,1-2H3. The van der Waals surface area contributed by atoms with Crippen LogP contribution in [0.5, 0.6) is 0 Å². The highest BCUT2D eigenvalue weighted by molar-refractivity contribution is 5.94.